The summed E-state index contributed by atoms with van der Waals surface area (Å²) in [6, 6.07) is 13.3. The van der Waals surface area contributed by atoms with Gasteiger partial charge in [0.25, 0.3) is 5.91 Å². The molecule has 2 N–H and O–H groups in total. The molecule has 4 rings (SSSR count). The third-order valence-corrected chi connectivity index (χ3v) is 6.29. The minimum Gasteiger partial charge on any atom is -0.462 e. The Bertz CT molecular complexity index is 1050. The summed E-state index contributed by atoms with van der Waals surface area (Å²) in [7, 11) is 2.11. The van der Waals surface area contributed by atoms with Crippen molar-refractivity contribution in [3.8, 4) is 0 Å². The van der Waals surface area contributed by atoms with Crippen molar-refractivity contribution in [3.63, 3.8) is 0 Å². The van der Waals surface area contributed by atoms with Gasteiger partial charge in [0.05, 0.1) is 19.4 Å². The Balaban J connectivity index is 1.32. The fourth-order valence-corrected chi connectivity index (χ4v) is 4.20. The van der Waals surface area contributed by atoms with Gasteiger partial charge in [-0.1, -0.05) is 18.2 Å². The van der Waals surface area contributed by atoms with Crippen LogP contribution < -0.4 is 5.32 Å². The minimum atomic E-state index is -0.344. The lowest BCUT2D eigenvalue weighted by Gasteiger charge is -2.30. The fraction of sp³-hybridized carbons (Fsp3) is 0.423. The molecule has 2 aliphatic rings. The number of likely N-dealkylation sites (N-methyl/N-ethyl adjacent to an activating group) is 1. The number of benzene rings is 2. The highest BCUT2D eigenvalue weighted by Crippen LogP contribution is 2.23. The Morgan fingerprint density at radius 1 is 1.06 bits per heavy atom. The van der Waals surface area contributed by atoms with Crippen LogP contribution in [0.25, 0.3) is 0 Å². The molecule has 2 aromatic rings. The maximum absolute atomic E-state index is 12.8. The van der Waals surface area contributed by atoms with Crippen LogP contribution in [0.4, 0.5) is 5.69 Å². The van der Waals surface area contributed by atoms with Crippen LogP contribution in [0.3, 0.4) is 0 Å². The summed E-state index contributed by atoms with van der Waals surface area (Å²) >= 11 is 0. The second-order valence-electron chi connectivity index (χ2n) is 8.97. The topological polar surface area (TPSA) is 97.7 Å². The van der Waals surface area contributed by atoms with E-state index in [0.717, 1.165) is 56.0 Å². The molecule has 0 bridgehead atoms. The van der Waals surface area contributed by atoms with Gasteiger partial charge in [0, 0.05) is 50.5 Å². The number of carbonyl (C=O) groups excluding carboxylic acids is 2. The van der Waals surface area contributed by atoms with Crippen molar-refractivity contribution in [1.29, 1.82) is 0 Å². The molecule has 1 amide bonds. The Morgan fingerprint density at radius 3 is 2.57 bits per heavy atom. The summed E-state index contributed by atoms with van der Waals surface area (Å²) in [5, 5.41) is 18.4. The summed E-state index contributed by atoms with van der Waals surface area (Å²) < 4.78 is 4.97. The zero-order valence-corrected chi connectivity index (χ0v) is 20.2. The summed E-state index contributed by atoms with van der Waals surface area (Å²) in [5.74, 6) is -0.517. The van der Waals surface area contributed by atoms with E-state index in [9.17, 15) is 9.59 Å². The van der Waals surface area contributed by atoms with Gasteiger partial charge in [-0.3, -0.25) is 19.5 Å². The van der Waals surface area contributed by atoms with Crippen LogP contribution in [0.15, 0.2) is 47.6 Å². The van der Waals surface area contributed by atoms with Crippen LogP contribution >= 0.6 is 0 Å². The molecule has 9 heteroatoms. The van der Waals surface area contributed by atoms with Crippen molar-refractivity contribution in [3.05, 3.63) is 64.7 Å². The Hall–Kier alpha value is -3.27. The lowest BCUT2D eigenvalue weighted by molar-refractivity contribution is -0.146. The number of fused-ring (bicyclic) bond motifs is 1. The van der Waals surface area contributed by atoms with Gasteiger partial charge in [0.15, 0.2) is 0 Å². The second-order valence-corrected chi connectivity index (χ2v) is 8.97. The Kier molecular flexibility index (Phi) is 8.46. The van der Waals surface area contributed by atoms with Crippen LogP contribution in [0.5, 0.6) is 0 Å². The minimum absolute atomic E-state index is 0.0173. The van der Waals surface area contributed by atoms with E-state index in [1.807, 2.05) is 41.4 Å². The lowest BCUT2D eigenvalue weighted by atomic mass is 9.99. The molecule has 0 unspecified atom stereocenters. The first-order valence-corrected chi connectivity index (χ1v) is 12.0. The number of aliphatic hydroxyl groups is 1. The molecule has 0 aromatic heterocycles. The van der Waals surface area contributed by atoms with E-state index in [2.05, 4.69) is 27.4 Å². The van der Waals surface area contributed by atoms with Gasteiger partial charge in [-0.2, -0.15) is 5.10 Å². The fourth-order valence-electron chi connectivity index (χ4n) is 4.20. The zero-order chi connectivity index (χ0) is 24.6. The Labute approximate surface area is 206 Å². The first-order valence-electron chi connectivity index (χ1n) is 12.0. The highest BCUT2D eigenvalue weighted by Gasteiger charge is 2.20. The third kappa shape index (κ3) is 7.11. The van der Waals surface area contributed by atoms with E-state index < -0.39 is 0 Å². The SMILES string of the molecule is CN1CCN(/N=C/c2ccc(C(=O)Nc3ccc4c(c3)CN(CC(=O)OCCO)CC4)cc2)CC1. The molecule has 35 heavy (non-hydrogen) atoms. The molecule has 0 spiro atoms. The van der Waals surface area contributed by atoms with Gasteiger partial charge in [-0.25, -0.2) is 0 Å². The quantitative estimate of drug-likeness (QED) is 0.437. The van der Waals surface area contributed by atoms with Gasteiger partial charge < -0.3 is 20.1 Å². The van der Waals surface area contributed by atoms with Gasteiger partial charge >= 0.3 is 5.97 Å². The van der Waals surface area contributed by atoms with Gasteiger partial charge in [-0.05, 0) is 54.4 Å². The molecule has 0 atom stereocenters. The van der Waals surface area contributed by atoms with Crippen LogP contribution in [0.1, 0.15) is 27.0 Å². The summed E-state index contributed by atoms with van der Waals surface area (Å²) in [6.45, 7) is 5.24. The van der Waals surface area contributed by atoms with Crippen LogP contribution in [0.2, 0.25) is 0 Å². The van der Waals surface area contributed by atoms with Crippen molar-refractivity contribution in [1.82, 2.24) is 14.8 Å². The van der Waals surface area contributed by atoms with E-state index in [-0.39, 0.29) is 31.6 Å². The highest BCUT2D eigenvalue weighted by molar-refractivity contribution is 6.04. The molecule has 2 heterocycles. The average molecular weight is 480 g/mol. The average Bonchev–Trinajstić information content (AvgIpc) is 2.87. The largest absolute Gasteiger partial charge is 0.462 e. The standard InChI is InChI=1S/C26H33N5O4/c1-29-10-12-31(13-11-29)27-17-20-2-4-22(5-3-20)26(34)28-24-7-6-21-8-9-30(18-23(21)16-24)19-25(33)35-15-14-32/h2-7,16-17,32H,8-15,18-19H2,1H3,(H,28,34)/b27-17+. The van der Waals surface area contributed by atoms with Crippen LogP contribution in [-0.4, -0.2) is 97.5 Å². The first-order chi connectivity index (χ1) is 17.0. The van der Waals surface area contributed by atoms with Crippen molar-refractivity contribution < 1.29 is 19.4 Å². The van der Waals surface area contributed by atoms with Crippen molar-refractivity contribution in [2.45, 2.75) is 13.0 Å². The van der Waals surface area contributed by atoms with E-state index in [1.165, 1.54) is 5.56 Å². The molecule has 9 nitrogen and oxygen atoms in total. The number of ether oxygens (including phenoxy) is 1. The van der Waals surface area contributed by atoms with Crippen molar-refractivity contribution in [2.24, 2.45) is 5.10 Å². The molecular formula is C26H33N5O4. The molecule has 2 aliphatic heterocycles. The maximum atomic E-state index is 12.8. The lowest BCUT2D eigenvalue weighted by Crippen LogP contribution is -2.41. The number of piperazine rings is 1. The van der Waals surface area contributed by atoms with Gasteiger partial charge in [0.2, 0.25) is 0 Å². The number of carbonyl (C=O) groups is 2. The number of hydrazone groups is 1. The molecule has 0 saturated carbocycles. The van der Waals surface area contributed by atoms with E-state index >= 15 is 0 Å². The van der Waals surface area contributed by atoms with Crippen molar-refractivity contribution >= 4 is 23.8 Å². The van der Waals surface area contributed by atoms with Crippen molar-refractivity contribution in [2.75, 3.05) is 64.8 Å². The number of amides is 1. The first kappa shape index (κ1) is 24.8. The van der Waals surface area contributed by atoms with E-state index in [0.29, 0.717) is 12.1 Å². The van der Waals surface area contributed by atoms with Crippen LogP contribution in [-0.2, 0) is 22.5 Å². The zero-order valence-electron chi connectivity index (χ0n) is 20.2. The highest BCUT2D eigenvalue weighted by atomic mass is 16.5. The summed E-state index contributed by atoms with van der Waals surface area (Å²) in [4.78, 5) is 29.0. The predicted molar refractivity (Wildman–Crippen MR) is 135 cm³/mol. The molecule has 0 radical (unpaired) electrons. The normalized spacial score (nSPS) is 16.8. The maximum Gasteiger partial charge on any atom is 0.320 e. The number of hydrogen-bond acceptors (Lipinski definition) is 8. The third-order valence-electron chi connectivity index (χ3n) is 6.29. The molecular weight excluding hydrogens is 446 g/mol. The number of hydrogen-bond donors (Lipinski definition) is 2. The number of nitrogens with zero attached hydrogens (tertiary/aromatic N) is 4. The second kappa shape index (κ2) is 11.9. The number of esters is 1. The molecule has 186 valence electrons. The summed E-state index contributed by atoms with van der Waals surface area (Å²) in [6.07, 6.45) is 2.66. The monoisotopic (exact) mass is 479 g/mol. The molecule has 2 aromatic carbocycles. The van der Waals surface area contributed by atoms with E-state index in [1.54, 1.807) is 12.1 Å². The summed E-state index contributed by atoms with van der Waals surface area (Å²) in [5.41, 5.74) is 4.55. The smallest absolute Gasteiger partial charge is 0.320 e. The van der Waals surface area contributed by atoms with Crippen LogP contribution in [0, 0.1) is 0 Å². The predicted octanol–water partition coefficient (Wildman–Crippen LogP) is 1.41. The molecule has 1 saturated heterocycles. The Morgan fingerprint density at radius 2 is 1.83 bits per heavy atom. The number of rotatable bonds is 8. The van der Waals surface area contributed by atoms with Gasteiger partial charge in [-0.15, -0.1) is 0 Å². The van der Waals surface area contributed by atoms with E-state index in [4.69, 9.17) is 9.84 Å². The molecule has 1 fully saturated rings. The molecule has 0 aliphatic carbocycles. The van der Waals surface area contributed by atoms with Gasteiger partial charge in [0.1, 0.15) is 6.61 Å². The number of nitrogens with one attached hydrogen (secondary N) is 1. The number of aliphatic hydroxyl groups excluding tert-OH is 1. The number of anilines is 1.